The average Bonchev–Trinajstić information content (AvgIpc) is 3.13. The molecule has 1 fully saturated rings. The van der Waals surface area contributed by atoms with Gasteiger partial charge in [0.05, 0.1) is 6.67 Å². The van der Waals surface area contributed by atoms with Crippen LogP contribution in [0.1, 0.15) is 30.5 Å². The summed E-state index contributed by atoms with van der Waals surface area (Å²) in [5.41, 5.74) is 8.75. The second kappa shape index (κ2) is 8.41. The van der Waals surface area contributed by atoms with E-state index in [1.807, 2.05) is 6.08 Å². The van der Waals surface area contributed by atoms with Gasteiger partial charge < -0.3 is 4.90 Å². The summed E-state index contributed by atoms with van der Waals surface area (Å²) in [4.78, 5) is 4.79. The molecule has 1 heterocycles. The minimum absolute atomic E-state index is 0.984. The molecule has 1 saturated heterocycles. The van der Waals surface area contributed by atoms with E-state index in [4.69, 9.17) is 0 Å². The van der Waals surface area contributed by atoms with Gasteiger partial charge in [0.25, 0.3) is 0 Å². The first-order valence-electron chi connectivity index (χ1n) is 9.64. The van der Waals surface area contributed by atoms with Crippen LogP contribution < -0.4 is 4.90 Å². The topological polar surface area (TPSA) is 6.48 Å². The maximum Gasteiger partial charge on any atom is 0.0705 e. The van der Waals surface area contributed by atoms with E-state index in [1.54, 1.807) is 0 Å². The Balaban J connectivity index is 2.06. The van der Waals surface area contributed by atoms with Crippen molar-refractivity contribution in [2.45, 2.75) is 20.8 Å². The molecule has 0 bridgehead atoms. The van der Waals surface area contributed by atoms with E-state index >= 15 is 0 Å². The zero-order valence-electron chi connectivity index (χ0n) is 17.0. The van der Waals surface area contributed by atoms with Gasteiger partial charge in [-0.2, -0.15) is 0 Å². The summed E-state index contributed by atoms with van der Waals surface area (Å²) in [5, 5.41) is 0. The van der Waals surface area contributed by atoms with Crippen molar-refractivity contribution in [2.75, 3.05) is 31.7 Å². The Morgan fingerprint density at radius 1 is 1.04 bits per heavy atom. The van der Waals surface area contributed by atoms with Crippen molar-refractivity contribution in [3.05, 3.63) is 89.5 Å². The summed E-state index contributed by atoms with van der Waals surface area (Å²) >= 11 is 0. The van der Waals surface area contributed by atoms with Crippen LogP contribution in [-0.4, -0.2) is 31.7 Å². The molecule has 0 aliphatic carbocycles. The Bertz CT molecular complexity index is 871. The van der Waals surface area contributed by atoms with Crippen LogP contribution in [0.15, 0.2) is 72.8 Å². The van der Waals surface area contributed by atoms with E-state index in [1.165, 1.54) is 39.1 Å². The monoisotopic (exact) mass is 358 g/mol. The van der Waals surface area contributed by atoms with Crippen LogP contribution in [0.2, 0.25) is 0 Å². The molecule has 0 aromatic heterocycles. The number of benzene rings is 2. The highest BCUT2D eigenvalue weighted by Crippen LogP contribution is 2.36. The fourth-order valence-corrected chi connectivity index (χ4v) is 3.68. The van der Waals surface area contributed by atoms with Gasteiger partial charge in [0.2, 0.25) is 0 Å². The maximum atomic E-state index is 4.04. The number of nitrogens with zero attached hydrogens (tertiary/aromatic N) is 2. The van der Waals surface area contributed by atoms with Crippen LogP contribution in [0.4, 0.5) is 5.69 Å². The van der Waals surface area contributed by atoms with Gasteiger partial charge in [-0.1, -0.05) is 60.7 Å². The number of hydrogen-bond acceptors (Lipinski definition) is 2. The van der Waals surface area contributed by atoms with Crippen molar-refractivity contribution >= 4 is 16.8 Å². The lowest BCUT2D eigenvalue weighted by molar-refractivity contribution is 0.421. The first kappa shape index (κ1) is 19.2. The van der Waals surface area contributed by atoms with Gasteiger partial charge in [0, 0.05) is 18.8 Å². The molecule has 0 unspecified atom stereocenters. The molecule has 27 heavy (non-hydrogen) atoms. The predicted octanol–water partition coefficient (Wildman–Crippen LogP) is 5.77. The summed E-state index contributed by atoms with van der Waals surface area (Å²) in [6.45, 7) is 13.6. The Labute approximate surface area is 164 Å². The lowest BCUT2D eigenvalue weighted by Crippen LogP contribution is -2.22. The number of hydrogen-bond donors (Lipinski definition) is 0. The Hall–Kier alpha value is -2.58. The van der Waals surface area contributed by atoms with Crippen LogP contribution in [0, 0.1) is 6.92 Å². The van der Waals surface area contributed by atoms with Crippen molar-refractivity contribution in [1.29, 1.82) is 0 Å². The molecule has 2 heteroatoms. The van der Waals surface area contributed by atoms with E-state index in [0.29, 0.717) is 0 Å². The lowest BCUT2D eigenvalue weighted by atomic mass is 9.88. The van der Waals surface area contributed by atoms with E-state index in [-0.39, 0.29) is 0 Å². The SMILES string of the molecule is C=C/C(C)=C(/C(=C\C)c1ccc(C)cc1)c1cccc(N2CCN(C)C2)c1. The molecule has 1 aliphatic heterocycles. The minimum Gasteiger partial charge on any atom is -0.357 e. The molecular formula is C25H30N2. The highest BCUT2D eigenvalue weighted by atomic mass is 15.4. The predicted molar refractivity (Wildman–Crippen MR) is 119 cm³/mol. The molecule has 0 radical (unpaired) electrons. The third-order valence-electron chi connectivity index (χ3n) is 5.28. The summed E-state index contributed by atoms with van der Waals surface area (Å²) in [7, 11) is 2.17. The molecule has 1 aliphatic rings. The third kappa shape index (κ3) is 4.23. The van der Waals surface area contributed by atoms with Gasteiger partial charge in [-0.25, -0.2) is 0 Å². The van der Waals surface area contributed by atoms with E-state index in [0.717, 1.165) is 19.8 Å². The molecule has 2 aromatic carbocycles. The van der Waals surface area contributed by atoms with Gasteiger partial charge in [-0.05, 0) is 67.8 Å². The van der Waals surface area contributed by atoms with Crippen molar-refractivity contribution in [2.24, 2.45) is 0 Å². The molecule has 0 N–H and O–H groups in total. The van der Waals surface area contributed by atoms with Crippen LogP contribution in [-0.2, 0) is 0 Å². The van der Waals surface area contributed by atoms with Crippen molar-refractivity contribution in [3.8, 4) is 0 Å². The van der Waals surface area contributed by atoms with Crippen LogP contribution in [0.5, 0.6) is 0 Å². The minimum atomic E-state index is 0.984. The highest BCUT2D eigenvalue weighted by Gasteiger charge is 2.18. The number of rotatable bonds is 5. The Kier molecular flexibility index (Phi) is 5.98. The molecular weight excluding hydrogens is 328 g/mol. The second-order valence-corrected chi connectivity index (χ2v) is 7.37. The first-order valence-corrected chi connectivity index (χ1v) is 9.64. The molecule has 3 rings (SSSR count). The van der Waals surface area contributed by atoms with Gasteiger partial charge in [0.1, 0.15) is 0 Å². The number of likely N-dealkylation sites (N-methyl/N-ethyl adjacent to an activating group) is 1. The standard InChI is InChI=1S/C25H30N2/c1-6-20(4)25(24(7-2)21-13-11-19(3)12-14-21)22-9-8-10-23(17-22)27-16-15-26(5)18-27/h6-14,17H,1,15-16,18H2,2-5H3/b24-7-,25-20+. The highest BCUT2D eigenvalue weighted by molar-refractivity contribution is 6.06. The Morgan fingerprint density at radius 2 is 1.78 bits per heavy atom. The Morgan fingerprint density at radius 3 is 2.37 bits per heavy atom. The lowest BCUT2D eigenvalue weighted by Gasteiger charge is -2.21. The summed E-state index contributed by atoms with van der Waals surface area (Å²) in [5.74, 6) is 0. The van der Waals surface area contributed by atoms with Crippen molar-refractivity contribution in [1.82, 2.24) is 4.90 Å². The van der Waals surface area contributed by atoms with Gasteiger partial charge in [-0.3, -0.25) is 4.90 Å². The molecule has 2 nitrogen and oxygen atoms in total. The average molecular weight is 359 g/mol. The maximum absolute atomic E-state index is 4.04. The zero-order chi connectivity index (χ0) is 19.4. The number of anilines is 1. The fourth-order valence-electron chi connectivity index (χ4n) is 3.68. The second-order valence-electron chi connectivity index (χ2n) is 7.37. The smallest absolute Gasteiger partial charge is 0.0705 e. The molecule has 0 atom stereocenters. The van der Waals surface area contributed by atoms with E-state index in [2.05, 4.69) is 98.8 Å². The van der Waals surface area contributed by atoms with Crippen molar-refractivity contribution < 1.29 is 0 Å². The summed E-state index contributed by atoms with van der Waals surface area (Å²) in [6, 6.07) is 17.7. The van der Waals surface area contributed by atoms with Crippen LogP contribution >= 0.6 is 0 Å². The first-order chi connectivity index (χ1) is 13.0. The summed E-state index contributed by atoms with van der Waals surface area (Å²) < 4.78 is 0. The zero-order valence-corrected chi connectivity index (χ0v) is 17.0. The fraction of sp³-hybridized carbons (Fsp3) is 0.280. The summed E-state index contributed by atoms with van der Waals surface area (Å²) in [6.07, 6.45) is 4.17. The van der Waals surface area contributed by atoms with E-state index < -0.39 is 0 Å². The van der Waals surface area contributed by atoms with Crippen LogP contribution in [0.25, 0.3) is 11.1 Å². The molecule has 0 spiro atoms. The largest absolute Gasteiger partial charge is 0.357 e. The third-order valence-corrected chi connectivity index (χ3v) is 5.28. The molecule has 0 amide bonds. The quantitative estimate of drug-likeness (QED) is 0.626. The number of aryl methyl sites for hydroxylation is 1. The normalized spacial score (nSPS) is 16.4. The van der Waals surface area contributed by atoms with Crippen LogP contribution in [0.3, 0.4) is 0 Å². The molecule has 2 aromatic rings. The van der Waals surface area contributed by atoms with Gasteiger partial charge >= 0.3 is 0 Å². The van der Waals surface area contributed by atoms with E-state index in [9.17, 15) is 0 Å². The number of allylic oxidation sites excluding steroid dienone is 5. The molecule has 0 saturated carbocycles. The van der Waals surface area contributed by atoms with Crippen molar-refractivity contribution in [3.63, 3.8) is 0 Å². The molecule has 140 valence electrons. The van der Waals surface area contributed by atoms with Gasteiger partial charge in [0.15, 0.2) is 0 Å². The van der Waals surface area contributed by atoms with Gasteiger partial charge in [-0.15, -0.1) is 0 Å².